The largest absolute Gasteiger partial charge is 0.208 e. The van der Waals surface area contributed by atoms with Gasteiger partial charge in [0.2, 0.25) is 0 Å². The van der Waals surface area contributed by atoms with E-state index in [1.165, 1.54) is 97.6 Å². The Bertz CT molecular complexity index is 1420. The minimum absolute atomic E-state index is 0.0703. The van der Waals surface area contributed by atoms with E-state index in [1.54, 1.807) is 11.1 Å². The zero-order valence-corrected chi connectivity index (χ0v) is 26.9. The molecular weight excluding hydrogens is 520 g/mol. The second-order valence-corrected chi connectivity index (χ2v) is 12.6. The Labute approximate surface area is 260 Å². The lowest BCUT2D eigenvalue weighted by Gasteiger charge is -2.33. The van der Waals surface area contributed by atoms with Crippen molar-refractivity contribution >= 4 is 24.3 Å². The highest BCUT2D eigenvalue weighted by atomic mass is 14.9. The van der Waals surface area contributed by atoms with Crippen molar-refractivity contribution in [2.45, 2.75) is 83.5 Å². The molecule has 0 fully saturated rings. The molecule has 222 valence electrons. The van der Waals surface area contributed by atoms with Crippen LogP contribution in [0.25, 0.3) is 35.4 Å². The smallest absolute Gasteiger partial charge is 0.169 e. The second kappa shape index (κ2) is 14.6. The maximum absolute atomic E-state index is 2.52. The van der Waals surface area contributed by atoms with E-state index in [9.17, 15) is 0 Å². The molecule has 4 aromatic rings. The first-order valence-electron chi connectivity index (χ1n) is 16.6. The highest BCUT2D eigenvalue weighted by molar-refractivity contribution is 5.85. The number of aromatic nitrogens is 2. The Morgan fingerprint density at radius 2 is 0.884 bits per heavy atom. The van der Waals surface area contributed by atoms with Crippen molar-refractivity contribution in [3.05, 3.63) is 119 Å². The van der Waals surface area contributed by atoms with Gasteiger partial charge in [-0.25, -0.2) is 9.13 Å². The zero-order valence-electron chi connectivity index (χ0n) is 26.9. The topological polar surface area (TPSA) is 7.76 Å². The van der Waals surface area contributed by atoms with Gasteiger partial charge in [0.1, 0.15) is 14.1 Å². The summed E-state index contributed by atoms with van der Waals surface area (Å²) in [6.07, 6.45) is 30.4. The van der Waals surface area contributed by atoms with Crippen molar-refractivity contribution in [1.82, 2.24) is 0 Å². The van der Waals surface area contributed by atoms with Gasteiger partial charge in [-0.2, -0.15) is 0 Å². The van der Waals surface area contributed by atoms with Crippen LogP contribution < -0.4 is 9.13 Å². The van der Waals surface area contributed by atoms with Gasteiger partial charge in [-0.3, -0.25) is 0 Å². The van der Waals surface area contributed by atoms with Gasteiger partial charge in [0.25, 0.3) is 0 Å². The van der Waals surface area contributed by atoms with Crippen LogP contribution >= 0.6 is 0 Å². The summed E-state index contributed by atoms with van der Waals surface area (Å²) >= 11 is 0. The van der Waals surface area contributed by atoms with E-state index < -0.39 is 0 Å². The molecule has 0 unspecified atom stereocenters. The third kappa shape index (κ3) is 7.42. The first kappa shape index (κ1) is 30.7. The van der Waals surface area contributed by atoms with Gasteiger partial charge in [0.05, 0.1) is 0 Å². The van der Waals surface area contributed by atoms with Crippen LogP contribution in [0.15, 0.2) is 85.5 Å². The fourth-order valence-corrected chi connectivity index (χ4v) is 6.74. The molecule has 0 spiro atoms. The summed E-state index contributed by atoms with van der Waals surface area (Å²) in [6.45, 7) is 4.63. The second-order valence-electron chi connectivity index (χ2n) is 12.6. The normalized spacial score (nSPS) is 13.6. The average molecular weight is 571 g/mol. The van der Waals surface area contributed by atoms with Crippen LogP contribution in [0.3, 0.4) is 0 Å². The van der Waals surface area contributed by atoms with Crippen LogP contribution in [0, 0.1) is 0 Å². The van der Waals surface area contributed by atoms with E-state index in [0.717, 1.165) is 0 Å². The van der Waals surface area contributed by atoms with Crippen LogP contribution in [0.1, 0.15) is 111 Å². The maximum atomic E-state index is 2.52. The Balaban J connectivity index is 1.55. The van der Waals surface area contributed by atoms with Crippen LogP contribution in [0.2, 0.25) is 0 Å². The van der Waals surface area contributed by atoms with Crippen LogP contribution in [-0.4, -0.2) is 0 Å². The molecule has 0 bridgehead atoms. The van der Waals surface area contributed by atoms with Gasteiger partial charge in [-0.1, -0.05) is 126 Å². The molecule has 0 saturated heterocycles. The SMILES string of the molecule is CCCCCCC1(CCCCCC)c2cc(/C=C/c3cc[n+](C)cc3)ccc2-c2ccc(/C=C/c3cc[n+](C)cc3)cc21. The van der Waals surface area contributed by atoms with Gasteiger partial charge in [-0.05, 0) is 57.3 Å². The molecule has 2 heterocycles. The summed E-state index contributed by atoms with van der Waals surface area (Å²) < 4.78 is 4.16. The monoisotopic (exact) mass is 570 g/mol. The molecule has 0 saturated carbocycles. The Kier molecular flexibility index (Phi) is 10.4. The minimum Gasteiger partial charge on any atom is -0.208 e. The predicted octanol–water partition coefficient (Wildman–Crippen LogP) is 9.88. The van der Waals surface area contributed by atoms with Gasteiger partial charge >= 0.3 is 0 Å². The summed E-state index contributed by atoms with van der Waals surface area (Å²) in [7, 11) is 4.13. The number of hydrogen-bond acceptors (Lipinski definition) is 0. The number of unbranched alkanes of at least 4 members (excludes halogenated alkanes) is 6. The van der Waals surface area contributed by atoms with E-state index >= 15 is 0 Å². The molecule has 0 atom stereocenters. The van der Waals surface area contributed by atoms with Gasteiger partial charge in [0, 0.05) is 29.7 Å². The summed E-state index contributed by atoms with van der Waals surface area (Å²) in [5, 5.41) is 0. The molecule has 0 aliphatic heterocycles. The first-order chi connectivity index (χ1) is 21.0. The molecule has 0 N–H and O–H groups in total. The third-order valence-electron chi connectivity index (χ3n) is 9.27. The molecule has 2 nitrogen and oxygen atoms in total. The van der Waals surface area contributed by atoms with E-state index in [-0.39, 0.29) is 5.41 Å². The molecule has 5 rings (SSSR count). The quantitative estimate of drug-likeness (QED) is 0.105. The highest BCUT2D eigenvalue weighted by Crippen LogP contribution is 2.54. The lowest BCUT2D eigenvalue weighted by molar-refractivity contribution is -0.671. The van der Waals surface area contributed by atoms with E-state index in [0.29, 0.717) is 0 Å². The van der Waals surface area contributed by atoms with Crippen molar-refractivity contribution in [1.29, 1.82) is 0 Å². The van der Waals surface area contributed by atoms with Crippen molar-refractivity contribution < 1.29 is 9.13 Å². The predicted molar refractivity (Wildman–Crippen MR) is 183 cm³/mol. The first-order valence-corrected chi connectivity index (χ1v) is 16.6. The van der Waals surface area contributed by atoms with Crippen LogP contribution in [-0.2, 0) is 19.5 Å². The molecular formula is C41H50N2+2. The number of fused-ring (bicyclic) bond motifs is 3. The van der Waals surface area contributed by atoms with E-state index in [2.05, 4.69) is 147 Å². The molecule has 1 aliphatic rings. The maximum Gasteiger partial charge on any atom is 0.169 e. The van der Waals surface area contributed by atoms with Crippen molar-refractivity contribution in [3.63, 3.8) is 0 Å². The molecule has 43 heavy (non-hydrogen) atoms. The number of nitrogens with zero attached hydrogens (tertiary/aromatic N) is 2. The number of aryl methyl sites for hydroxylation is 2. The fourth-order valence-electron chi connectivity index (χ4n) is 6.74. The highest BCUT2D eigenvalue weighted by Gasteiger charge is 2.42. The summed E-state index contributed by atoms with van der Waals surface area (Å²) in [5.41, 5.74) is 11.1. The lowest BCUT2D eigenvalue weighted by atomic mass is 9.70. The molecule has 2 aromatic heterocycles. The van der Waals surface area contributed by atoms with Gasteiger partial charge in [0.15, 0.2) is 24.8 Å². The fraction of sp³-hybridized carbons (Fsp3) is 0.366. The number of pyridine rings is 2. The minimum atomic E-state index is 0.0703. The zero-order chi connectivity index (χ0) is 30.1. The summed E-state index contributed by atoms with van der Waals surface area (Å²) in [5.74, 6) is 0. The molecule has 0 amide bonds. The molecule has 0 radical (unpaired) electrons. The number of rotatable bonds is 14. The van der Waals surface area contributed by atoms with Crippen molar-refractivity contribution in [2.75, 3.05) is 0 Å². The van der Waals surface area contributed by atoms with Crippen LogP contribution in [0.5, 0.6) is 0 Å². The Hall–Kier alpha value is -3.78. The molecule has 1 aliphatic carbocycles. The van der Waals surface area contributed by atoms with Crippen molar-refractivity contribution in [3.8, 4) is 11.1 Å². The lowest BCUT2D eigenvalue weighted by Crippen LogP contribution is -2.26. The van der Waals surface area contributed by atoms with Crippen molar-refractivity contribution in [2.24, 2.45) is 14.1 Å². The molecule has 2 heteroatoms. The summed E-state index contributed by atoms with van der Waals surface area (Å²) in [4.78, 5) is 0. The van der Waals surface area contributed by atoms with E-state index in [1.807, 2.05) is 0 Å². The Morgan fingerprint density at radius 1 is 0.488 bits per heavy atom. The third-order valence-corrected chi connectivity index (χ3v) is 9.27. The van der Waals surface area contributed by atoms with E-state index in [4.69, 9.17) is 0 Å². The van der Waals surface area contributed by atoms with Crippen LogP contribution in [0.4, 0.5) is 0 Å². The molecule has 2 aromatic carbocycles. The van der Waals surface area contributed by atoms with Gasteiger partial charge < -0.3 is 0 Å². The standard InChI is InChI=1S/C41H50N2/c1-5-7-9-11-25-41(26-12-10-8-6-2)39-31-35(15-13-33-21-27-42(3)28-22-33)17-19-37(39)38-20-18-36(32-40(38)41)16-14-34-23-29-43(4)30-24-34/h13-24,27-32H,5-12,25-26H2,1-4H3/q+2/b15-13+,16-14+. The number of benzene rings is 2. The van der Waals surface area contributed by atoms with Gasteiger partial charge in [-0.15, -0.1) is 0 Å². The average Bonchev–Trinajstić information content (AvgIpc) is 3.29. The summed E-state index contributed by atoms with van der Waals surface area (Å²) in [6, 6.07) is 23.2. The number of hydrogen-bond donors (Lipinski definition) is 0. The Morgan fingerprint density at radius 3 is 1.28 bits per heavy atom.